The van der Waals surface area contributed by atoms with Gasteiger partial charge in [0.25, 0.3) is 0 Å². The molecule has 0 aliphatic carbocycles. The van der Waals surface area contributed by atoms with Crippen molar-refractivity contribution in [1.29, 1.82) is 0 Å². The van der Waals surface area contributed by atoms with E-state index in [1.54, 1.807) is 38.1 Å². The maximum atomic E-state index is 13.3. The fourth-order valence-electron chi connectivity index (χ4n) is 3.07. The summed E-state index contributed by atoms with van der Waals surface area (Å²) in [4.78, 5) is 27.2. The zero-order valence-corrected chi connectivity index (χ0v) is 20.9. The van der Waals surface area contributed by atoms with Crippen LogP contribution in [0.2, 0.25) is 0 Å². The Kier molecular flexibility index (Phi) is 9.09. The molecule has 2 amide bonds. The molecule has 0 radical (unpaired) electrons. The minimum atomic E-state index is -3.78. The SMILES string of the molecule is CCNC(=O)[C@H](C)N(Cc1ccc(Br)cc1)C(=O)CN(c1cccc(OC)c1)S(C)(=O)=O. The highest BCUT2D eigenvalue weighted by Crippen LogP contribution is 2.24. The molecule has 0 spiro atoms. The molecule has 1 N–H and O–H groups in total. The molecule has 0 saturated heterocycles. The van der Waals surface area contributed by atoms with Crippen LogP contribution >= 0.6 is 15.9 Å². The van der Waals surface area contributed by atoms with Gasteiger partial charge < -0.3 is 15.0 Å². The Bertz CT molecular complexity index is 1040. The van der Waals surface area contributed by atoms with E-state index < -0.39 is 28.5 Å². The molecule has 1 atom stereocenters. The van der Waals surface area contributed by atoms with Crippen LogP contribution in [0, 0.1) is 0 Å². The molecule has 0 bridgehead atoms. The van der Waals surface area contributed by atoms with Gasteiger partial charge in [0.05, 0.1) is 19.1 Å². The number of amides is 2. The van der Waals surface area contributed by atoms with Gasteiger partial charge in [0.15, 0.2) is 0 Å². The number of likely N-dealkylation sites (N-methyl/N-ethyl adjacent to an activating group) is 1. The molecule has 0 unspecified atom stereocenters. The fraction of sp³-hybridized carbons (Fsp3) is 0.364. The summed E-state index contributed by atoms with van der Waals surface area (Å²) >= 11 is 3.38. The maximum Gasteiger partial charge on any atom is 0.244 e. The third kappa shape index (κ3) is 6.96. The molecule has 0 aromatic heterocycles. The van der Waals surface area contributed by atoms with Gasteiger partial charge in [-0.2, -0.15) is 0 Å². The molecule has 0 heterocycles. The molecule has 0 fully saturated rings. The predicted octanol–water partition coefficient (Wildman–Crippen LogP) is 2.78. The average molecular weight is 526 g/mol. The predicted molar refractivity (Wildman–Crippen MR) is 128 cm³/mol. The van der Waals surface area contributed by atoms with Crippen molar-refractivity contribution in [2.75, 3.05) is 30.8 Å². The first-order chi connectivity index (χ1) is 15.1. The third-order valence-corrected chi connectivity index (χ3v) is 6.47. The zero-order chi connectivity index (χ0) is 23.9. The van der Waals surface area contributed by atoms with Crippen LogP contribution in [0.3, 0.4) is 0 Å². The zero-order valence-electron chi connectivity index (χ0n) is 18.5. The number of carbonyl (C=O) groups excluding carboxylic acids is 2. The van der Waals surface area contributed by atoms with Gasteiger partial charge in [-0.1, -0.05) is 34.1 Å². The Balaban J connectivity index is 2.38. The lowest BCUT2D eigenvalue weighted by atomic mass is 10.1. The number of nitrogens with one attached hydrogen (secondary N) is 1. The number of hydrogen-bond donors (Lipinski definition) is 1. The van der Waals surface area contributed by atoms with Crippen molar-refractivity contribution in [3.8, 4) is 5.75 Å². The number of halogens is 1. The lowest BCUT2D eigenvalue weighted by Gasteiger charge is -2.31. The third-order valence-electron chi connectivity index (χ3n) is 4.80. The highest BCUT2D eigenvalue weighted by Gasteiger charge is 2.30. The van der Waals surface area contributed by atoms with Crippen LogP contribution in [0.25, 0.3) is 0 Å². The van der Waals surface area contributed by atoms with Crippen molar-refractivity contribution < 1.29 is 22.7 Å². The summed E-state index contributed by atoms with van der Waals surface area (Å²) in [7, 11) is -2.31. The van der Waals surface area contributed by atoms with Crippen LogP contribution in [0.5, 0.6) is 5.75 Å². The molecule has 174 valence electrons. The molecule has 2 aromatic carbocycles. The number of rotatable bonds is 10. The molecule has 2 aromatic rings. The maximum absolute atomic E-state index is 13.3. The van der Waals surface area contributed by atoms with Crippen LogP contribution in [0.4, 0.5) is 5.69 Å². The number of benzene rings is 2. The normalized spacial score (nSPS) is 12.0. The summed E-state index contributed by atoms with van der Waals surface area (Å²) in [6.07, 6.45) is 1.03. The Morgan fingerprint density at radius 1 is 1.16 bits per heavy atom. The Morgan fingerprint density at radius 3 is 2.38 bits per heavy atom. The summed E-state index contributed by atoms with van der Waals surface area (Å²) in [5, 5.41) is 2.72. The van der Waals surface area contributed by atoms with Crippen LogP contribution in [0.15, 0.2) is 53.0 Å². The van der Waals surface area contributed by atoms with Gasteiger partial charge in [-0.3, -0.25) is 13.9 Å². The molecular weight excluding hydrogens is 498 g/mol. The van der Waals surface area contributed by atoms with Crippen molar-refractivity contribution in [2.45, 2.75) is 26.4 Å². The highest BCUT2D eigenvalue weighted by atomic mass is 79.9. The fourth-order valence-corrected chi connectivity index (χ4v) is 4.18. The average Bonchev–Trinajstić information content (AvgIpc) is 2.75. The number of carbonyl (C=O) groups is 2. The molecule has 0 aliphatic rings. The number of methoxy groups -OCH3 is 1. The first kappa shape index (κ1) is 25.7. The van der Waals surface area contributed by atoms with Crippen molar-refractivity contribution in [1.82, 2.24) is 10.2 Å². The molecule has 0 saturated carbocycles. The van der Waals surface area contributed by atoms with Crippen LogP contribution in [-0.4, -0.2) is 57.6 Å². The highest BCUT2D eigenvalue weighted by molar-refractivity contribution is 9.10. The first-order valence-electron chi connectivity index (χ1n) is 10.00. The lowest BCUT2D eigenvalue weighted by molar-refractivity contribution is -0.139. The van der Waals surface area contributed by atoms with E-state index in [2.05, 4.69) is 21.2 Å². The molecular formula is C22H28BrN3O5S. The summed E-state index contributed by atoms with van der Waals surface area (Å²) in [5.74, 6) is -0.351. The minimum absolute atomic E-state index is 0.153. The second kappa shape index (κ2) is 11.3. The molecule has 32 heavy (non-hydrogen) atoms. The van der Waals surface area contributed by atoms with Crippen molar-refractivity contribution >= 4 is 43.5 Å². The number of ether oxygens (including phenoxy) is 1. The van der Waals surface area contributed by atoms with Gasteiger partial charge >= 0.3 is 0 Å². The summed E-state index contributed by atoms with van der Waals surface area (Å²) in [6.45, 7) is 3.53. The number of sulfonamides is 1. The second-order valence-corrected chi connectivity index (χ2v) is 10.0. The summed E-state index contributed by atoms with van der Waals surface area (Å²) < 4.78 is 32.1. The summed E-state index contributed by atoms with van der Waals surface area (Å²) in [5.41, 5.74) is 1.11. The van der Waals surface area contributed by atoms with Crippen LogP contribution in [0.1, 0.15) is 19.4 Å². The van der Waals surface area contributed by atoms with E-state index in [0.717, 1.165) is 20.6 Å². The van der Waals surface area contributed by atoms with E-state index in [9.17, 15) is 18.0 Å². The topological polar surface area (TPSA) is 96.0 Å². The van der Waals surface area contributed by atoms with Gasteiger partial charge in [0, 0.05) is 23.6 Å². The standard InChI is InChI=1S/C22H28BrN3O5S/c1-5-24-22(28)16(2)25(14-17-9-11-18(23)12-10-17)21(27)15-26(32(4,29)30)19-7-6-8-20(13-19)31-3/h6-13,16H,5,14-15H2,1-4H3,(H,24,28)/t16-/m0/s1. The van der Waals surface area contributed by atoms with E-state index in [1.165, 1.54) is 12.0 Å². The monoisotopic (exact) mass is 525 g/mol. The van der Waals surface area contributed by atoms with Crippen LogP contribution < -0.4 is 14.4 Å². The van der Waals surface area contributed by atoms with Crippen molar-refractivity contribution in [3.63, 3.8) is 0 Å². The van der Waals surface area contributed by atoms with E-state index in [0.29, 0.717) is 18.0 Å². The summed E-state index contributed by atoms with van der Waals surface area (Å²) in [6, 6.07) is 13.0. The first-order valence-corrected chi connectivity index (χ1v) is 12.6. The largest absolute Gasteiger partial charge is 0.497 e. The van der Waals surface area contributed by atoms with E-state index >= 15 is 0 Å². The van der Waals surface area contributed by atoms with Gasteiger partial charge in [0.1, 0.15) is 18.3 Å². The Labute approximate surface area is 197 Å². The van der Waals surface area contributed by atoms with E-state index in [-0.39, 0.29) is 12.5 Å². The molecule has 10 heteroatoms. The molecule has 0 aliphatic heterocycles. The van der Waals surface area contributed by atoms with Crippen molar-refractivity contribution in [3.05, 3.63) is 58.6 Å². The quantitative estimate of drug-likeness (QED) is 0.514. The number of nitrogens with zero attached hydrogens (tertiary/aromatic N) is 2. The van der Waals surface area contributed by atoms with Gasteiger partial charge in [-0.05, 0) is 43.7 Å². The lowest BCUT2D eigenvalue weighted by Crippen LogP contribution is -2.51. The van der Waals surface area contributed by atoms with Gasteiger partial charge in [-0.15, -0.1) is 0 Å². The minimum Gasteiger partial charge on any atom is -0.497 e. The van der Waals surface area contributed by atoms with Crippen molar-refractivity contribution in [2.24, 2.45) is 0 Å². The number of anilines is 1. The Hall–Kier alpha value is -2.59. The van der Waals surface area contributed by atoms with E-state index in [1.807, 2.05) is 24.3 Å². The molecule has 2 rings (SSSR count). The van der Waals surface area contributed by atoms with Crippen LogP contribution in [-0.2, 0) is 26.2 Å². The van der Waals surface area contributed by atoms with E-state index in [4.69, 9.17) is 4.74 Å². The Morgan fingerprint density at radius 2 is 1.81 bits per heavy atom. The smallest absolute Gasteiger partial charge is 0.244 e. The van der Waals surface area contributed by atoms with Gasteiger partial charge in [-0.25, -0.2) is 8.42 Å². The number of hydrogen-bond acceptors (Lipinski definition) is 5. The molecule has 8 nitrogen and oxygen atoms in total. The second-order valence-electron chi connectivity index (χ2n) is 7.19. The van der Waals surface area contributed by atoms with Gasteiger partial charge in [0.2, 0.25) is 21.8 Å².